The lowest BCUT2D eigenvalue weighted by molar-refractivity contribution is -0.216. The summed E-state index contributed by atoms with van der Waals surface area (Å²) in [5, 5.41) is 0. The Bertz CT molecular complexity index is 638. The molecule has 0 spiro atoms. The topological polar surface area (TPSA) is 44.8 Å². The van der Waals surface area contributed by atoms with Crippen LogP contribution in [0.5, 0.6) is 5.75 Å². The predicted octanol–water partition coefficient (Wildman–Crippen LogP) is 5.66. The molecule has 0 aliphatic carbocycles. The zero-order valence-corrected chi connectivity index (χ0v) is 16.9. The van der Waals surface area contributed by atoms with Crippen molar-refractivity contribution < 1.29 is 19.3 Å². The van der Waals surface area contributed by atoms with E-state index in [9.17, 15) is 4.79 Å². The van der Waals surface area contributed by atoms with Gasteiger partial charge in [0.15, 0.2) is 12.4 Å². The molecular weight excluding hydrogens is 328 g/mol. The van der Waals surface area contributed by atoms with Gasteiger partial charge in [0.2, 0.25) is 0 Å². The number of hydrogen-bond acceptors (Lipinski definition) is 4. The van der Waals surface area contributed by atoms with Gasteiger partial charge in [-0.25, -0.2) is 4.79 Å². The van der Waals surface area contributed by atoms with Crippen molar-refractivity contribution in [3.63, 3.8) is 0 Å². The first-order valence-electron chi connectivity index (χ1n) is 9.14. The molecule has 1 aromatic carbocycles. The molecule has 0 radical (unpaired) electrons. The number of esters is 1. The van der Waals surface area contributed by atoms with Crippen molar-refractivity contribution in [3.8, 4) is 5.75 Å². The fourth-order valence-electron chi connectivity index (χ4n) is 2.34. The Morgan fingerprint density at radius 1 is 1.15 bits per heavy atom. The third-order valence-corrected chi connectivity index (χ3v) is 3.88. The monoisotopic (exact) mass is 360 g/mol. The van der Waals surface area contributed by atoms with Gasteiger partial charge in [0.25, 0.3) is 0 Å². The molecule has 0 amide bonds. The molecule has 0 atom stereocenters. The second-order valence-corrected chi connectivity index (χ2v) is 7.10. The van der Waals surface area contributed by atoms with Crippen molar-refractivity contribution in [2.24, 2.45) is 0 Å². The number of benzene rings is 1. The fraction of sp³-hybridized carbons (Fsp3) is 0.500. The minimum Gasteiger partial charge on any atom is -0.460 e. The third kappa shape index (κ3) is 8.86. The summed E-state index contributed by atoms with van der Waals surface area (Å²) in [5.74, 6) is 0.500. The maximum absolute atomic E-state index is 11.7. The molecule has 26 heavy (non-hydrogen) atoms. The maximum atomic E-state index is 11.7. The molecule has 0 aliphatic heterocycles. The summed E-state index contributed by atoms with van der Waals surface area (Å²) in [7, 11) is 0. The highest BCUT2D eigenvalue weighted by atomic mass is 17.2. The SMILES string of the molecule is CC(C)=CCC/C(C)=C/COC(=O)COOc1cc(C)ccc1C(C)C. The summed E-state index contributed by atoms with van der Waals surface area (Å²) >= 11 is 0. The van der Waals surface area contributed by atoms with E-state index in [4.69, 9.17) is 14.5 Å². The van der Waals surface area contributed by atoms with Gasteiger partial charge in [-0.3, -0.25) is 0 Å². The number of hydrogen-bond donors (Lipinski definition) is 0. The highest BCUT2D eigenvalue weighted by Gasteiger charge is 2.10. The van der Waals surface area contributed by atoms with Gasteiger partial charge in [0.1, 0.15) is 6.61 Å². The molecular formula is C22H32O4. The van der Waals surface area contributed by atoms with Gasteiger partial charge >= 0.3 is 5.97 Å². The first kappa shape index (κ1) is 22.0. The molecule has 0 saturated heterocycles. The molecule has 0 aromatic heterocycles. The Hall–Kier alpha value is -2.07. The van der Waals surface area contributed by atoms with Crippen LogP contribution in [0, 0.1) is 6.92 Å². The van der Waals surface area contributed by atoms with Crippen LogP contribution in [0.25, 0.3) is 0 Å². The summed E-state index contributed by atoms with van der Waals surface area (Å²) in [4.78, 5) is 22.1. The van der Waals surface area contributed by atoms with E-state index in [0.29, 0.717) is 11.7 Å². The van der Waals surface area contributed by atoms with Crippen LogP contribution < -0.4 is 4.89 Å². The molecule has 4 heteroatoms. The van der Waals surface area contributed by atoms with E-state index in [1.54, 1.807) is 0 Å². The molecule has 1 rings (SSSR count). The quantitative estimate of drug-likeness (QED) is 0.233. The lowest BCUT2D eigenvalue weighted by Gasteiger charge is -2.13. The van der Waals surface area contributed by atoms with Gasteiger partial charge < -0.3 is 9.62 Å². The molecule has 4 nitrogen and oxygen atoms in total. The maximum Gasteiger partial charge on any atom is 0.336 e. The second-order valence-electron chi connectivity index (χ2n) is 7.10. The molecule has 0 fully saturated rings. The van der Waals surface area contributed by atoms with E-state index in [0.717, 1.165) is 24.0 Å². The lowest BCUT2D eigenvalue weighted by Crippen LogP contribution is -2.15. The summed E-state index contributed by atoms with van der Waals surface area (Å²) in [6.07, 6.45) is 6.10. The Kier molecular flexibility index (Phi) is 9.74. The average Bonchev–Trinajstić information content (AvgIpc) is 2.54. The van der Waals surface area contributed by atoms with Crippen LogP contribution in [0.2, 0.25) is 0 Å². The van der Waals surface area contributed by atoms with Crippen molar-refractivity contribution in [1.29, 1.82) is 0 Å². The first-order chi connectivity index (χ1) is 12.3. The Balaban J connectivity index is 2.35. The number of aryl methyl sites for hydroxylation is 1. The van der Waals surface area contributed by atoms with Crippen molar-refractivity contribution in [2.75, 3.05) is 13.2 Å². The third-order valence-electron chi connectivity index (χ3n) is 3.88. The van der Waals surface area contributed by atoms with Crippen molar-refractivity contribution in [1.82, 2.24) is 0 Å². The van der Waals surface area contributed by atoms with Gasteiger partial charge in [-0.15, -0.1) is 0 Å². The number of carbonyl (C=O) groups is 1. The minimum absolute atomic E-state index is 0.240. The second kappa shape index (κ2) is 11.5. The number of ether oxygens (including phenoxy) is 1. The lowest BCUT2D eigenvalue weighted by atomic mass is 10.0. The van der Waals surface area contributed by atoms with Gasteiger partial charge in [0.05, 0.1) is 0 Å². The van der Waals surface area contributed by atoms with Crippen LogP contribution in [-0.4, -0.2) is 19.2 Å². The van der Waals surface area contributed by atoms with Crippen LogP contribution in [0.4, 0.5) is 0 Å². The molecule has 0 bridgehead atoms. The average molecular weight is 360 g/mol. The fourth-order valence-corrected chi connectivity index (χ4v) is 2.34. The van der Waals surface area contributed by atoms with E-state index >= 15 is 0 Å². The number of carbonyl (C=O) groups excluding carboxylic acids is 1. The highest BCUT2D eigenvalue weighted by molar-refractivity contribution is 5.70. The van der Waals surface area contributed by atoms with Gasteiger partial charge in [-0.2, -0.15) is 4.89 Å². The highest BCUT2D eigenvalue weighted by Crippen LogP contribution is 2.27. The molecule has 1 aromatic rings. The summed E-state index contributed by atoms with van der Waals surface area (Å²) in [6.45, 7) is 12.4. The van der Waals surface area contributed by atoms with E-state index < -0.39 is 5.97 Å². The van der Waals surface area contributed by atoms with Crippen molar-refractivity contribution >= 4 is 5.97 Å². The molecule has 144 valence electrons. The van der Waals surface area contributed by atoms with Crippen LogP contribution in [-0.2, 0) is 14.4 Å². The largest absolute Gasteiger partial charge is 0.460 e. The van der Waals surface area contributed by atoms with Crippen molar-refractivity contribution in [3.05, 3.63) is 52.6 Å². The van der Waals surface area contributed by atoms with E-state index in [1.165, 1.54) is 11.1 Å². The number of rotatable bonds is 10. The Labute approximate surface area is 157 Å². The molecule has 0 aliphatic rings. The zero-order valence-electron chi connectivity index (χ0n) is 16.9. The normalized spacial score (nSPS) is 11.4. The van der Waals surface area contributed by atoms with Gasteiger partial charge in [-0.1, -0.05) is 43.2 Å². The van der Waals surface area contributed by atoms with Crippen molar-refractivity contribution in [2.45, 2.75) is 60.3 Å². The zero-order chi connectivity index (χ0) is 19.5. The smallest absolute Gasteiger partial charge is 0.336 e. The molecule has 0 saturated carbocycles. The summed E-state index contributed by atoms with van der Waals surface area (Å²) in [6, 6.07) is 5.95. The van der Waals surface area contributed by atoms with Gasteiger partial charge in [0, 0.05) is 5.56 Å². The number of allylic oxidation sites excluding steroid dienone is 3. The van der Waals surface area contributed by atoms with E-state index in [1.807, 2.05) is 38.1 Å². The van der Waals surface area contributed by atoms with Crippen LogP contribution >= 0.6 is 0 Å². The van der Waals surface area contributed by atoms with Crippen LogP contribution in [0.3, 0.4) is 0 Å². The standard InChI is InChI=1S/C22H32O4/c1-16(2)8-7-9-18(5)12-13-24-22(23)15-25-26-21-14-19(6)10-11-20(21)17(3)4/h8,10-12,14,17H,7,9,13,15H2,1-6H3/b18-12+. The predicted molar refractivity (Wildman–Crippen MR) is 105 cm³/mol. The Morgan fingerprint density at radius 3 is 2.54 bits per heavy atom. The first-order valence-corrected chi connectivity index (χ1v) is 9.14. The van der Waals surface area contributed by atoms with Crippen LogP contribution in [0.1, 0.15) is 64.5 Å². The van der Waals surface area contributed by atoms with E-state index in [2.05, 4.69) is 33.8 Å². The molecule has 0 unspecified atom stereocenters. The molecule has 0 heterocycles. The van der Waals surface area contributed by atoms with Crippen LogP contribution in [0.15, 0.2) is 41.5 Å². The summed E-state index contributed by atoms with van der Waals surface area (Å²) < 4.78 is 5.14. The minimum atomic E-state index is -0.447. The van der Waals surface area contributed by atoms with Gasteiger partial charge in [-0.05, 0) is 64.2 Å². The summed E-state index contributed by atoms with van der Waals surface area (Å²) in [5.41, 5.74) is 4.63. The molecule has 0 N–H and O–H groups in total. The Morgan fingerprint density at radius 2 is 1.88 bits per heavy atom. The van der Waals surface area contributed by atoms with E-state index in [-0.39, 0.29) is 13.2 Å².